The first-order valence-electron chi connectivity index (χ1n) is 14.1. The molecule has 3 aromatic rings. The van der Waals surface area contributed by atoms with Crippen molar-refractivity contribution in [2.45, 2.75) is 25.8 Å². The quantitative estimate of drug-likeness (QED) is 0.454. The van der Waals surface area contributed by atoms with Gasteiger partial charge in [0.1, 0.15) is 11.4 Å². The molecule has 3 heterocycles. The zero-order valence-electron chi connectivity index (χ0n) is 23.4. The van der Waals surface area contributed by atoms with Gasteiger partial charge in [-0.25, -0.2) is 0 Å². The molecule has 11 nitrogen and oxygen atoms in total. The Hall–Kier alpha value is -3.96. The molecule has 1 aromatic heterocycles. The molecule has 41 heavy (non-hydrogen) atoms. The molecule has 2 bridgehead atoms. The second-order valence-corrected chi connectivity index (χ2v) is 10.5. The van der Waals surface area contributed by atoms with Gasteiger partial charge in [-0.3, -0.25) is 19.1 Å². The van der Waals surface area contributed by atoms with Crippen LogP contribution in [0.2, 0.25) is 0 Å². The van der Waals surface area contributed by atoms with Crippen molar-refractivity contribution in [3.05, 3.63) is 59.8 Å². The van der Waals surface area contributed by atoms with Crippen LogP contribution in [0.4, 0.5) is 0 Å². The molecule has 1 fully saturated rings. The molecule has 5 rings (SSSR count). The summed E-state index contributed by atoms with van der Waals surface area (Å²) in [4.78, 5) is 42.6. The second-order valence-electron chi connectivity index (χ2n) is 10.5. The minimum atomic E-state index is -0.945. The van der Waals surface area contributed by atoms with Crippen molar-refractivity contribution in [1.82, 2.24) is 25.3 Å². The number of benzene rings is 2. The molecule has 11 heteroatoms. The zero-order chi connectivity index (χ0) is 28.7. The minimum absolute atomic E-state index is 0.0256. The van der Waals surface area contributed by atoms with Crippen LogP contribution in [0.5, 0.6) is 5.75 Å². The van der Waals surface area contributed by atoms with E-state index in [0.717, 1.165) is 5.56 Å². The Morgan fingerprint density at radius 3 is 2.73 bits per heavy atom. The lowest BCUT2D eigenvalue weighted by molar-refractivity contribution is -0.146. The molecule has 0 aliphatic carbocycles. The third-order valence-electron chi connectivity index (χ3n) is 7.66. The number of aromatic nitrogens is 2. The number of rotatable bonds is 5. The summed E-state index contributed by atoms with van der Waals surface area (Å²) in [5.74, 6) is -0.0805. The number of amides is 3. The highest BCUT2D eigenvalue weighted by Crippen LogP contribution is 2.33. The van der Waals surface area contributed by atoms with Crippen LogP contribution in [0.15, 0.2) is 48.5 Å². The SMILES string of the molecule is COCCCC1(C(=O)N2CCOCC2)CNC(=O)c2c3ccccc3nn2CCNC(=O)COc2cccc(c2)C1. The van der Waals surface area contributed by atoms with Gasteiger partial charge >= 0.3 is 0 Å². The third kappa shape index (κ3) is 6.68. The lowest BCUT2D eigenvalue weighted by Crippen LogP contribution is -2.54. The number of methoxy groups -OCH3 is 1. The number of hydrogen-bond acceptors (Lipinski definition) is 7. The molecule has 2 N–H and O–H groups in total. The first kappa shape index (κ1) is 28.6. The van der Waals surface area contributed by atoms with E-state index in [9.17, 15) is 14.4 Å². The van der Waals surface area contributed by atoms with Crippen LogP contribution in [-0.2, 0) is 32.0 Å². The van der Waals surface area contributed by atoms with Crippen molar-refractivity contribution in [3.63, 3.8) is 0 Å². The molecule has 2 aliphatic heterocycles. The van der Waals surface area contributed by atoms with Crippen LogP contribution in [0.3, 0.4) is 0 Å². The highest BCUT2D eigenvalue weighted by Gasteiger charge is 2.42. The molecule has 0 saturated carbocycles. The standard InChI is InChI=1S/C30H37N5O6/c1-39-15-5-10-30(29(38)34-13-16-40-17-14-34)19-22-6-4-7-23(18-22)41-20-26(36)31-11-12-35-27(28(37)32-21-30)24-8-2-3-9-25(24)33-35/h2-4,6-9,18H,5,10-17,19-21H2,1H3,(H,31,36)(H,32,37). The normalized spacial score (nSPS) is 20.6. The van der Waals surface area contributed by atoms with E-state index < -0.39 is 5.41 Å². The molecule has 1 atom stereocenters. The van der Waals surface area contributed by atoms with Gasteiger partial charge < -0.3 is 29.7 Å². The molecule has 0 spiro atoms. The lowest BCUT2D eigenvalue weighted by Gasteiger charge is -2.39. The highest BCUT2D eigenvalue weighted by atomic mass is 16.5. The van der Waals surface area contributed by atoms with Crippen LogP contribution >= 0.6 is 0 Å². The molecule has 2 aromatic carbocycles. The van der Waals surface area contributed by atoms with Crippen LogP contribution in [0.25, 0.3) is 10.9 Å². The van der Waals surface area contributed by atoms with Crippen LogP contribution in [-0.4, -0.2) is 92.1 Å². The molecule has 1 unspecified atom stereocenters. The largest absolute Gasteiger partial charge is 0.484 e. The minimum Gasteiger partial charge on any atom is -0.484 e. The van der Waals surface area contributed by atoms with E-state index in [2.05, 4.69) is 15.7 Å². The Morgan fingerprint density at radius 1 is 1.07 bits per heavy atom. The van der Waals surface area contributed by atoms with E-state index in [1.54, 1.807) is 17.9 Å². The van der Waals surface area contributed by atoms with Gasteiger partial charge in [0.25, 0.3) is 11.8 Å². The van der Waals surface area contributed by atoms with Crippen molar-refractivity contribution >= 4 is 28.6 Å². The lowest BCUT2D eigenvalue weighted by atomic mass is 9.76. The Kier molecular flexibility index (Phi) is 9.15. The predicted molar refractivity (Wildman–Crippen MR) is 152 cm³/mol. The summed E-state index contributed by atoms with van der Waals surface area (Å²) in [5.41, 5.74) is 1.000. The number of ether oxygens (including phenoxy) is 3. The van der Waals surface area contributed by atoms with Crippen molar-refractivity contribution in [3.8, 4) is 5.75 Å². The fraction of sp³-hybridized carbons (Fsp3) is 0.467. The summed E-state index contributed by atoms with van der Waals surface area (Å²) in [7, 11) is 1.64. The van der Waals surface area contributed by atoms with Gasteiger partial charge in [0.2, 0.25) is 5.91 Å². The van der Waals surface area contributed by atoms with E-state index in [4.69, 9.17) is 14.2 Å². The number of nitrogens with zero attached hydrogens (tertiary/aromatic N) is 3. The Bertz CT molecular complexity index is 1380. The topological polar surface area (TPSA) is 124 Å². The average Bonchev–Trinajstić information content (AvgIpc) is 3.37. The molecule has 3 amide bonds. The number of carbonyl (C=O) groups excluding carboxylic acids is 3. The Labute approximate surface area is 239 Å². The van der Waals surface area contributed by atoms with E-state index >= 15 is 0 Å². The summed E-state index contributed by atoms with van der Waals surface area (Å²) < 4.78 is 18.3. The highest BCUT2D eigenvalue weighted by molar-refractivity contribution is 6.05. The van der Waals surface area contributed by atoms with Gasteiger partial charge in [0, 0.05) is 45.3 Å². The number of hydrogen-bond donors (Lipinski definition) is 2. The maximum absolute atomic E-state index is 14.3. The average molecular weight is 564 g/mol. The predicted octanol–water partition coefficient (Wildman–Crippen LogP) is 1.79. The zero-order valence-corrected chi connectivity index (χ0v) is 23.4. The summed E-state index contributed by atoms with van der Waals surface area (Å²) in [6, 6.07) is 14.9. The number of carbonyl (C=O) groups is 3. The van der Waals surface area contributed by atoms with Gasteiger partial charge in [-0.15, -0.1) is 0 Å². The van der Waals surface area contributed by atoms with Crippen molar-refractivity contribution < 1.29 is 28.6 Å². The van der Waals surface area contributed by atoms with Gasteiger partial charge in [-0.2, -0.15) is 5.10 Å². The van der Waals surface area contributed by atoms with E-state index in [1.165, 1.54) is 0 Å². The van der Waals surface area contributed by atoms with Gasteiger partial charge in [0.05, 0.1) is 30.7 Å². The monoisotopic (exact) mass is 563 g/mol. The van der Waals surface area contributed by atoms with Crippen LogP contribution < -0.4 is 15.4 Å². The van der Waals surface area contributed by atoms with Crippen molar-refractivity contribution in [1.29, 1.82) is 0 Å². The first-order chi connectivity index (χ1) is 20.0. The van der Waals surface area contributed by atoms with E-state index in [1.807, 2.05) is 47.4 Å². The number of morpholine rings is 1. The van der Waals surface area contributed by atoms with Crippen LogP contribution in [0.1, 0.15) is 28.9 Å². The van der Waals surface area contributed by atoms with Crippen molar-refractivity contribution in [2.24, 2.45) is 5.41 Å². The number of fused-ring (bicyclic) bond motifs is 5. The van der Waals surface area contributed by atoms with Crippen molar-refractivity contribution in [2.75, 3.05) is 59.7 Å². The van der Waals surface area contributed by atoms with E-state index in [-0.39, 0.29) is 37.4 Å². The second kappa shape index (κ2) is 13.1. The third-order valence-corrected chi connectivity index (χ3v) is 7.66. The fourth-order valence-electron chi connectivity index (χ4n) is 5.61. The summed E-state index contributed by atoms with van der Waals surface area (Å²) in [6.45, 7) is 2.98. The Balaban J connectivity index is 1.55. The van der Waals surface area contributed by atoms with E-state index in [0.29, 0.717) is 81.1 Å². The molecular weight excluding hydrogens is 526 g/mol. The molecule has 1 saturated heterocycles. The Morgan fingerprint density at radius 2 is 1.90 bits per heavy atom. The molecular formula is C30H37N5O6. The molecule has 2 aliphatic rings. The fourth-order valence-corrected chi connectivity index (χ4v) is 5.61. The summed E-state index contributed by atoms with van der Waals surface area (Å²) in [5, 5.41) is 11.3. The summed E-state index contributed by atoms with van der Waals surface area (Å²) in [6.07, 6.45) is 1.51. The van der Waals surface area contributed by atoms with Gasteiger partial charge in [-0.05, 0) is 43.0 Å². The maximum Gasteiger partial charge on any atom is 0.270 e. The molecule has 218 valence electrons. The summed E-state index contributed by atoms with van der Waals surface area (Å²) >= 11 is 0. The smallest absolute Gasteiger partial charge is 0.270 e. The van der Waals surface area contributed by atoms with Crippen LogP contribution in [0, 0.1) is 5.41 Å². The first-order valence-corrected chi connectivity index (χ1v) is 14.1. The maximum atomic E-state index is 14.3. The number of nitrogens with one attached hydrogen (secondary N) is 2. The van der Waals surface area contributed by atoms with Gasteiger partial charge in [-0.1, -0.05) is 30.3 Å². The van der Waals surface area contributed by atoms with Gasteiger partial charge in [0.15, 0.2) is 6.61 Å². The molecule has 0 radical (unpaired) electrons.